The van der Waals surface area contributed by atoms with Crippen molar-refractivity contribution in [3.63, 3.8) is 0 Å². The molecule has 0 heterocycles. The molecule has 7 heteroatoms. The van der Waals surface area contributed by atoms with Gasteiger partial charge in [-0.25, -0.2) is 5.43 Å². The number of hydrogen-bond acceptors (Lipinski definition) is 5. The molecule has 0 bridgehead atoms. The number of halogens is 1. The number of carbonyl (C=O) groups is 1. The standard InChI is InChI=1S/C18H19IN2O4/c1-3-24-16-6-4-5-7-17(16)25-12-18(22)21-20-11-13-8-9-15(23-2)14(19)10-13/h4-11H,3,12H2,1-2H3,(H,21,22). The van der Waals surface area contributed by atoms with Crippen LogP contribution in [0.4, 0.5) is 0 Å². The van der Waals surface area contributed by atoms with E-state index in [0.29, 0.717) is 18.1 Å². The molecule has 0 aliphatic rings. The minimum atomic E-state index is -0.356. The number of carbonyl (C=O) groups excluding carboxylic acids is 1. The van der Waals surface area contributed by atoms with Crippen LogP contribution in [0.1, 0.15) is 12.5 Å². The molecule has 0 aliphatic heterocycles. The average molecular weight is 454 g/mol. The van der Waals surface area contributed by atoms with Crippen LogP contribution in [0.25, 0.3) is 0 Å². The molecule has 0 fully saturated rings. The first-order valence-electron chi connectivity index (χ1n) is 7.64. The molecular weight excluding hydrogens is 435 g/mol. The molecule has 0 saturated heterocycles. The lowest BCUT2D eigenvalue weighted by Crippen LogP contribution is -2.24. The zero-order valence-electron chi connectivity index (χ0n) is 14.0. The second kappa shape index (κ2) is 9.87. The van der Waals surface area contributed by atoms with Gasteiger partial charge in [0.2, 0.25) is 0 Å². The highest BCUT2D eigenvalue weighted by Crippen LogP contribution is 2.26. The molecule has 6 nitrogen and oxygen atoms in total. The Bertz CT molecular complexity index is 750. The van der Waals surface area contributed by atoms with E-state index in [-0.39, 0.29) is 12.5 Å². The summed E-state index contributed by atoms with van der Waals surface area (Å²) in [5.74, 6) is 1.57. The molecule has 2 rings (SSSR count). The maximum Gasteiger partial charge on any atom is 0.277 e. The third-order valence-electron chi connectivity index (χ3n) is 3.09. The van der Waals surface area contributed by atoms with Gasteiger partial charge < -0.3 is 14.2 Å². The van der Waals surface area contributed by atoms with Crippen LogP contribution in [-0.2, 0) is 4.79 Å². The van der Waals surface area contributed by atoms with E-state index in [2.05, 4.69) is 33.1 Å². The maximum atomic E-state index is 11.8. The van der Waals surface area contributed by atoms with Gasteiger partial charge in [0.15, 0.2) is 18.1 Å². The van der Waals surface area contributed by atoms with E-state index in [1.807, 2.05) is 37.3 Å². The van der Waals surface area contributed by atoms with Crippen LogP contribution in [-0.4, -0.2) is 32.4 Å². The Hall–Kier alpha value is -2.29. The summed E-state index contributed by atoms with van der Waals surface area (Å²) in [5.41, 5.74) is 3.29. The summed E-state index contributed by atoms with van der Waals surface area (Å²) in [4.78, 5) is 11.8. The summed E-state index contributed by atoms with van der Waals surface area (Å²) in [6.07, 6.45) is 1.56. The van der Waals surface area contributed by atoms with Crippen LogP contribution in [0.15, 0.2) is 47.6 Å². The van der Waals surface area contributed by atoms with Crippen LogP contribution in [0.3, 0.4) is 0 Å². The fraction of sp³-hybridized carbons (Fsp3) is 0.222. The van der Waals surface area contributed by atoms with Crippen LogP contribution < -0.4 is 19.6 Å². The Labute approximate surface area is 160 Å². The van der Waals surface area contributed by atoms with Gasteiger partial charge in [-0.15, -0.1) is 0 Å². The largest absolute Gasteiger partial charge is 0.496 e. The normalized spacial score (nSPS) is 10.5. The Morgan fingerprint density at radius 1 is 1.16 bits per heavy atom. The van der Waals surface area contributed by atoms with Crippen molar-refractivity contribution in [2.45, 2.75) is 6.92 Å². The van der Waals surface area contributed by atoms with Crippen molar-refractivity contribution in [1.82, 2.24) is 5.43 Å². The van der Waals surface area contributed by atoms with Gasteiger partial charge in [0.25, 0.3) is 5.91 Å². The van der Waals surface area contributed by atoms with E-state index >= 15 is 0 Å². The van der Waals surface area contributed by atoms with E-state index in [9.17, 15) is 4.79 Å². The number of para-hydroxylation sites is 2. The van der Waals surface area contributed by atoms with Crippen LogP contribution >= 0.6 is 22.6 Å². The lowest BCUT2D eigenvalue weighted by molar-refractivity contribution is -0.123. The van der Waals surface area contributed by atoms with Crippen LogP contribution in [0.2, 0.25) is 0 Å². The number of rotatable bonds is 8. The van der Waals surface area contributed by atoms with Gasteiger partial charge in [0.1, 0.15) is 5.75 Å². The summed E-state index contributed by atoms with van der Waals surface area (Å²) in [7, 11) is 1.62. The molecule has 0 aliphatic carbocycles. The molecule has 0 saturated carbocycles. The summed E-state index contributed by atoms with van der Waals surface area (Å²) < 4.78 is 17.1. The minimum Gasteiger partial charge on any atom is -0.496 e. The van der Waals surface area contributed by atoms with Gasteiger partial charge in [-0.1, -0.05) is 12.1 Å². The SMILES string of the molecule is CCOc1ccccc1OCC(=O)NN=Cc1ccc(OC)c(I)c1. The molecule has 0 radical (unpaired) electrons. The number of hydrogen-bond donors (Lipinski definition) is 1. The molecule has 0 spiro atoms. The Balaban J connectivity index is 1.85. The highest BCUT2D eigenvalue weighted by Gasteiger charge is 2.06. The second-order valence-corrected chi connectivity index (χ2v) is 6.02. The van der Waals surface area contributed by atoms with Crippen molar-refractivity contribution in [2.75, 3.05) is 20.3 Å². The fourth-order valence-corrected chi connectivity index (χ4v) is 2.72. The van der Waals surface area contributed by atoms with Crippen molar-refractivity contribution in [1.29, 1.82) is 0 Å². The van der Waals surface area contributed by atoms with Gasteiger partial charge >= 0.3 is 0 Å². The van der Waals surface area contributed by atoms with Gasteiger partial charge in [-0.3, -0.25) is 4.79 Å². The average Bonchev–Trinajstić information content (AvgIpc) is 2.61. The zero-order chi connectivity index (χ0) is 18.1. The topological polar surface area (TPSA) is 69.2 Å². The van der Waals surface area contributed by atoms with Crippen LogP contribution in [0.5, 0.6) is 17.2 Å². The molecule has 1 N–H and O–H groups in total. The van der Waals surface area contributed by atoms with E-state index < -0.39 is 0 Å². The first kappa shape index (κ1) is 19.0. The van der Waals surface area contributed by atoms with Gasteiger partial charge in [-0.05, 0) is 65.4 Å². The third-order valence-corrected chi connectivity index (χ3v) is 3.93. The molecule has 2 aromatic carbocycles. The Morgan fingerprint density at radius 2 is 1.88 bits per heavy atom. The van der Waals surface area contributed by atoms with E-state index in [4.69, 9.17) is 14.2 Å². The molecule has 0 atom stereocenters. The highest BCUT2D eigenvalue weighted by molar-refractivity contribution is 14.1. The van der Waals surface area contributed by atoms with Crippen molar-refractivity contribution in [3.8, 4) is 17.2 Å². The number of methoxy groups -OCH3 is 1. The second-order valence-electron chi connectivity index (χ2n) is 4.86. The van der Waals surface area contributed by atoms with E-state index in [1.165, 1.54) is 0 Å². The van der Waals surface area contributed by atoms with Crippen LogP contribution in [0, 0.1) is 3.57 Å². The molecular formula is C18H19IN2O4. The monoisotopic (exact) mass is 454 g/mol. The predicted molar refractivity (Wildman–Crippen MR) is 105 cm³/mol. The van der Waals surface area contributed by atoms with Crippen molar-refractivity contribution in [2.24, 2.45) is 5.10 Å². The molecule has 132 valence electrons. The molecule has 2 aromatic rings. The first-order chi connectivity index (χ1) is 12.1. The fourth-order valence-electron chi connectivity index (χ4n) is 1.96. The molecule has 0 aromatic heterocycles. The quantitative estimate of drug-likeness (QED) is 0.378. The summed E-state index contributed by atoms with van der Waals surface area (Å²) in [6.45, 7) is 2.26. The molecule has 0 unspecified atom stereocenters. The van der Waals surface area contributed by atoms with Gasteiger partial charge in [-0.2, -0.15) is 5.10 Å². The maximum absolute atomic E-state index is 11.8. The van der Waals surface area contributed by atoms with Crippen molar-refractivity contribution < 1.29 is 19.0 Å². The van der Waals surface area contributed by atoms with Crippen molar-refractivity contribution in [3.05, 3.63) is 51.6 Å². The van der Waals surface area contributed by atoms with Gasteiger partial charge in [0, 0.05) is 0 Å². The summed E-state index contributed by atoms with van der Waals surface area (Å²) in [5, 5.41) is 3.93. The number of hydrazone groups is 1. The Kier molecular flexibility index (Phi) is 7.52. The van der Waals surface area contributed by atoms with E-state index in [0.717, 1.165) is 14.9 Å². The number of nitrogens with zero attached hydrogens (tertiary/aromatic N) is 1. The lowest BCUT2D eigenvalue weighted by atomic mass is 10.2. The number of amides is 1. The number of ether oxygens (including phenoxy) is 3. The highest BCUT2D eigenvalue weighted by atomic mass is 127. The minimum absolute atomic E-state index is 0.151. The summed E-state index contributed by atoms with van der Waals surface area (Å²) >= 11 is 2.17. The van der Waals surface area contributed by atoms with E-state index in [1.54, 1.807) is 25.5 Å². The first-order valence-corrected chi connectivity index (χ1v) is 8.72. The van der Waals surface area contributed by atoms with Gasteiger partial charge in [0.05, 0.1) is 23.5 Å². The number of nitrogens with one attached hydrogen (secondary N) is 1. The smallest absolute Gasteiger partial charge is 0.277 e. The number of benzene rings is 2. The predicted octanol–water partition coefficient (Wildman–Crippen LogP) is 3.23. The van der Waals surface area contributed by atoms with Crippen molar-refractivity contribution >= 4 is 34.7 Å². The Morgan fingerprint density at radius 3 is 2.52 bits per heavy atom. The summed E-state index contributed by atoms with van der Waals surface area (Å²) in [6, 6.07) is 12.8. The molecule has 1 amide bonds. The molecule has 25 heavy (non-hydrogen) atoms. The lowest BCUT2D eigenvalue weighted by Gasteiger charge is -2.10. The third kappa shape index (κ3) is 5.93. The zero-order valence-corrected chi connectivity index (χ0v) is 16.1.